The van der Waals surface area contributed by atoms with Gasteiger partial charge in [0.2, 0.25) is 0 Å². The van der Waals surface area contributed by atoms with Gasteiger partial charge in [-0.25, -0.2) is 4.98 Å². The van der Waals surface area contributed by atoms with E-state index in [1.807, 2.05) is 36.5 Å². The predicted octanol–water partition coefficient (Wildman–Crippen LogP) is 12.9. The number of rotatable bonds is 7. The van der Waals surface area contributed by atoms with Gasteiger partial charge in [0.05, 0.1) is 5.52 Å². The fraction of sp³-hybridized carbons (Fsp3) is 0. The minimum absolute atomic E-state index is 0. The van der Waals surface area contributed by atoms with Crippen LogP contribution in [0.15, 0.2) is 188 Å². The van der Waals surface area contributed by atoms with Crippen molar-refractivity contribution in [2.75, 3.05) is 9.80 Å². The summed E-state index contributed by atoms with van der Waals surface area (Å²) in [5, 5.41) is 4.50. The third-order valence-electron chi connectivity index (χ3n) is 10.6. The molecule has 10 aromatic rings. The van der Waals surface area contributed by atoms with Gasteiger partial charge in [-0.2, -0.15) is 6.07 Å². The van der Waals surface area contributed by atoms with Crippen LogP contribution in [-0.2, 0) is 21.1 Å². The van der Waals surface area contributed by atoms with Gasteiger partial charge in [-0.05, 0) is 52.7 Å². The molecule has 0 radical (unpaired) electrons. The Kier molecular flexibility index (Phi) is 9.04. The van der Waals surface area contributed by atoms with Gasteiger partial charge in [0.1, 0.15) is 5.65 Å². The quantitative estimate of drug-likeness (QED) is 0.149. The minimum atomic E-state index is 0. The molecule has 4 heterocycles. The maximum absolute atomic E-state index is 6.50. The van der Waals surface area contributed by atoms with Crippen LogP contribution in [0.3, 0.4) is 0 Å². The van der Waals surface area contributed by atoms with Gasteiger partial charge in [-0.3, -0.25) is 0 Å². The van der Waals surface area contributed by atoms with Crippen LogP contribution in [0.25, 0.3) is 60.6 Å². The Bertz CT molecular complexity index is 3000. The first-order valence-electron chi connectivity index (χ1n) is 18.9. The number of aromatic nitrogens is 3. The number of benzene rings is 7. The Morgan fingerprint density at radius 1 is 0.500 bits per heavy atom. The first-order chi connectivity index (χ1) is 28.3. The van der Waals surface area contributed by atoms with E-state index >= 15 is 0 Å². The fourth-order valence-electron chi connectivity index (χ4n) is 8.12. The smallest absolute Gasteiger partial charge is 0.143 e. The standard InChI is InChI=1S/C51H32N5O.Pt/c1-3-14-35(15-4-1)42-23-12-24-43(36-16-5-2-6-17-36)49(42)55-34-54(48-28-27-37-18-7-8-21-44(37)50(48)55)38-19-11-20-40(30-38)57-41-31-39(32-52-33-41)56-47-26-10-9-22-45(47)46-25-13-29-53-51(46)56;/h1-29,32-34H;/q-3;. The Balaban J connectivity index is 0.00000408. The van der Waals surface area contributed by atoms with Crippen molar-refractivity contribution in [3.63, 3.8) is 0 Å². The monoisotopic (exact) mass is 925 g/mol. The van der Waals surface area contributed by atoms with Crippen molar-refractivity contribution in [3.05, 3.63) is 207 Å². The van der Waals surface area contributed by atoms with Crippen molar-refractivity contribution < 1.29 is 25.8 Å². The van der Waals surface area contributed by atoms with Crippen molar-refractivity contribution in [1.82, 2.24) is 14.5 Å². The second kappa shape index (κ2) is 14.8. The zero-order chi connectivity index (χ0) is 37.7. The molecule has 0 bridgehead atoms. The molecule has 0 spiro atoms. The van der Waals surface area contributed by atoms with E-state index in [4.69, 9.17) is 9.72 Å². The Morgan fingerprint density at radius 3 is 1.97 bits per heavy atom. The summed E-state index contributed by atoms with van der Waals surface area (Å²) >= 11 is 0. The number of hydrogen-bond donors (Lipinski definition) is 0. The number of nitrogens with zero attached hydrogens (tertiary/aromatic N) is 5. The molecule has 7 aromatic carbocycles. The molecule has 0 saturated heterocycles. The van der Waals surface area contributed by atoms with Gasteiger partial charge in [0, 0.05) is 83.1 Å². The average Bonchev–Trinajstić information content (AvgIpc) is 3.84. The molecule has 3 aromatic heterocycles. The maximum Gasteiger partial charge on any atom is 0.143 e. The Morgan fingerprint density at radius 2 is 1.17 bits per heavy atom. The molecule has 280 valence electrons. The first-order valence-corrected chi connectivity index (χ1v) is 18.9. The number of pyridine rings is 2. The SMILES string of the molecule is [Pt].[c-]1c(Oc2[c-]c(-n3c4ccccc4c4cccnc43)cnc2)cccc1N1[CH-]N(c2c(-c3ccccc3)cccc2-c2ccccc2)c2c1ccc1ccccc21. The third kappa shape index (κ3) is 6.01. The molecule has 0 saturated carbocycles. The van der Waals surface area contributed by atoms with E-state index in [9.17, 15) is 0 Å². The number of para-hydroxylation sites is 2. The summed E-state index contributed by atoms with van der Waals surface area (Å²) in [5.74, 6) is 1.03. The molecule has 6 nitrogen and oxygen atoms in total. The summed E-state index contributed by atoms with van der Waals surface area (Å²) < 4.78 is 8.58. The van der Waals surface area contributed by atoms with E-state index in [-0.39, 0.29) is 21.1 Å². The van der Waals surface area contributed by atoms with Gasteiger partial charge in [-0.1, -0.05) is 134 Å². The third-order valence-corrected chi connectivity index (χ3v) is 10.6. The van der Waals surface area contributed by atoms with Crippen LogP contribution in [0.1, 0.15) is 0 Å². The van der Waals surface area contributed by atoms with Crippen molar-refractivity contribution in [2.24, 2.45) is 0 Å². The number of fused-ring (bicyclic) bond motifs is 6. The topological polar surface area (TPSA) is 46.4 Å². The minimum Gasteiger partial charge on any atom is -0.508 e. The van der Waals surface area contributed by atoms with Crippen molar-refractivity contribution >= 4 is 55.5 Å². The molecule has 1 aliphatic rings. The van der Waals surface area contributed by atoms with Crippen molar-refractivity contribution in [3.8, 4) is 39.4 Å². The maximum atomic E-state index is 6.50. The first kappa shape index (κ1) is 35.4. The molecule has 0 atom stereocenters. The zero-order valence-electron chi connectivity index (χ0n) is 30.9. The molecule has 0 aliphatic carbocycles. The van der Waals surface area contributed by atoms with E-state index in [0.717, 1.165) is 83.4 Å². The number of anilines is 4. The van der Waals surface area contributed by atoms with Gasteiger partial charge in [0.15, 0.2) is 0 Å². The summed E-state index contributed by atoms with van der Waals surface area (Å²) in [6.07, 6.45) is 5.29. The van der Waals surface area contributed by atoms with Crippen LogP contribution in [0, 0.1) is 18.8 Å². The Hall–Kier alpha value is -7.01. The van der Waals surface area contributed by atoms with Crippen LogP contribution < -0.4 is 14.5 Å². The van der Waals surface area contributed by atoms with Crippen LogP contribution in [0.5, 0.6) is 11.5 Å². The summed E-state index contributed by atoms with van der Waals surface area (Å²) in [7, 11) is 0. The summed E-state index contributed by atoms with van der Waals surface area (Å²) in [6.45, 7) is 2.19. The van der Waals surface area contributed by atoms with E-state index in [1.165, 1.54) is 0 Å². The van der Waals surface area contributed by atoms with Crippen molar-refractivity contribution in [1.29, 1.82) is 0 Å². The molecule has 11 rings (SSSR count). The van der Waals surface area contributed by atoms with Crippen LogP contribution in [0.4, 0.5) is 22.7 Å². The predicted molar refractivity (Wildman–Crippen MR) is 230 cm³/mol. The molecular weight excluding hydrogens is 894 g/mol. The largest absolute Gasteiger partial charge is 0.508 e. The molecular formula is C51H32N5OPt-3. The Labute approximate surface area is 350 Å². The van der Waals surface area contributed by atoms with Crippen LogP contribution in [-0.4, -0.2) is 14.5 Å². The zero-order valence-corrected chi connectivity index (χ0v) is 33.2. The summed E-state index contributed by atoms with van der Waals surface area (Å²) in [6, 6.07) is 66.2. The molecule has 0 amide bonds. The van der Waals surface area contributed by atoms with Crippen LogP contribution >= 0.6 is 0 Å². The summed E-state index contributed by atoms with van der Waals surface area (Å²) in [4.78, 5) is 13.9. The van der Waals surface area contributed by atoms with Gasteiger partial charge in [0.25, 0.3) is 0 Å². The van der Waals surface area contributed by atoms with Crippen LogP contribution in [0.2, 0.25) is 0 Å². The van der Waals surface area contributed by atoms with Crippen molar-refractivity contribution in [2.45, 2.75) is 0 Å². The number of ether oxygens (including phenoxy) is 1. The molecule has 0 fully saturated rings. The van der Waals surface area contributed by atoms with Gasteiger partial charge >= 0.3 is 0 Å². The summed E-state index contributed by atoms with van der Waals surface area (Å²) in [5.41, 5.74) is 11.2. The van der Waals surface area contributed by atoms with E-state index in [0.29, 0.717) is 11.5 Å². The second-order valence-corrected chi connectivity index (χ2v) is 14.0. The normalized spacial score (nSPS) is 12.2. The fourth-order valence-corrected chi connectivity index (χ4v) is 8.12. The van der Waals surface area contributed by atoms with E-state index in [2.05, 4.69) is 178 Å². The number of hydrogen-bond acceptors (Lipinski definition) is 5. The molecule has 7 heteroatoms. The average molecular weight is 926 g/mol. The molecule has 0 N–H and O–H groups in total. The van der Waals surface area contributed by atoms with E-state index in [1.54, 1.807) is 12.4 Å². The molecule has 0 unspecified atom stereocenters. The second-order valence-electron chi connectivity index (χ2n) is 14.0. The van der Waals surface area contributed by atoms with E-state index < -0.39 is 0 Å². The van der Waals surface area contributed by atoms with Gasteiger partial charge in [-0.15, -0.1) is 36.6 Å². The molecule has 58 heavy (non-hydrogen) atoms. The van der Waals surface area contributed by atoms with Gasteiger partial charge < -0.3 is 24.1 Å². The molecule has 1 aliphatic heterocycles.